The second kappa shape index (κ2) is 12.0. The van der Waals surface area contributed by atoms with Crippen LogP contribution in [0.2, 0.25) is 0 Å². The number of aryl methyl sites for hydroxylation is 3. The van der Waals surface area contributed by atoms with Crippen molar-refractivity contribution in [2.24, 2.45) is 5.41 Å². The van der Waals surface area contributed by atoms with E-state index in [1.165, 1.54) is 5.56 Å². The number of likely N-dealkylation sites (tertiary alicyclic amines) is 1. The van der Waals surface area contributed by atoms with E-state index in [9.17, 15) is 13.2 Å². The Balaban J connectivity index is 1.37. The molecule has 1 saturated heterocycles. The fourth-order valence-corrected chi connectivity index (χ4v) is 7.51. The molecule has 0 bridgehead atoms. The largest absolute Gasteiger partial charge is 0.488 e. The minimum atomic E-state index is -4.04. The van der Waals surface area contributed by atoms with Crippen molar-refractivity contribution >= 4 is 21.8 Å². The van der Waals surface area contributed by atoms with E-state index in [1.807, 2.05) is 56.0 Å². The maximum absolute atomic E-state index is 13.7. The number of rotatable bonds is 9. The zero-order chi connectivity index (χ0) is 31.9. The first-order valence-corrected chi connectivity index (χ1v) is 17.0. The minimum Gasteiger partial charge on any atom is -0.488 e. The van der Waals surface area contributed by atoms with E-state index in [2.05, 4.69) is 9.88 Å². The molecule has 0 spiro atoms. The smallest absolute Gasteiger partial charge is 0.264 e. The molecule has 2 aromatic heterocycles. The number of benzene rings is 2. The highest BCUT2D eigenvalue weighted by molar-refractivity contribution is 7.92. The molecular formula is C35H40N4O5S. The average Bonchev–Trinajstić information content (AvgIpc) is 3.46. The molecule has 0 atom stereocenters. The molecule has 1 amide bonds. The van der Waals surface area contributed by atoms with Crippen molar-refractivity contribution < 1.29 is 22.5 Å². The normalized spacial score (nSPS) is 16.1. The van der Waals surface area contributed by atoms with Gasteiger partial charge in [0.15, 0.2) is 0 Å². The van der Waals surface area contributed by atoms with E-state index < -0.39 is 15.4 Å². The van der Waals surface area contributed by atoms with Crippen molar-refractivity contribution in [3.05, 3.63) is 87.9 Å². The summed E-state index contributed by atoms with van der Waals surface area (Å²) in [4.78, 5) is 20.0. The number of ether oxygens (including phenoxy) is 1. The summed E-state index contributed by atoms with van der Waals surface area (Å²) in [5.74, 6) is 1.06. The van der Waals surface area contributed by atoms with Gasteiger partial charge in [-0.15, -0.1) is 0 Å². The van der Waals surface area contributed by atoms with E-state index in [1.54, 1.807) is 32.0 Å². The Morgan fingerprint density at radius 1 is 1.02 bits per heavy atom. The number of fused-ring (bicyclic) bond motifs is 1. The first-order chi connectivity index (χ1) is 21.4. The number of carbonyl (C=O) groups is 1. The molecule has 1 aliphatic carbocycles. The van der Waals surface area contributed by atoms with Gasteiger partial charge in [-0.05, 0) is 81.7 Å². The summed E-state index contributed by atoms with van der Waals surface area (Å²) in [5, 5.41) is 3.89. The monoisotopic (exact) mass is 628 g/mol. The summed E-state index contributed by atoms with van der Waals surface area (Å²) in [5.41, 5.74) is 7.13. The highest BCUT2D eigenvalue weighted by atomic mass is 32.2. The highest BCUT2D eigenvalue weighted by Crippen LogP contribution is 2.37. The molecule has 236 valence electrons. The third kappa shape index (κ3) is 6.20. The van der Waals surface area contributed by atoms with Gasteiger partial charge in [0, 0.05) is 52.6 Å². The standard InChI is InChI=1S/C35H40N4O5S/c1-22-18-31(29-11-6-8-12-30(29)36-22)43-21-25-14-15-27(26(19-25)20-39-17-16-35(4,5)34(39)40)28-10-7-9-13-32(28)45(41,42)38-33-23(2)24(3)37-44-33/h7,9-10,13-15,18-19,38H,6,8,11-12,16-17,20-21H2,1-5H3. The number of amides is 1. The molecule has 4 aromatic rings. The van der Waals surface area contributed by atoms with Crippen LogP contribution < -0.4 is 9.46 Å². The van der Waals surface area contributed by atoms with Gasteiger partial charge in [0.1, 0.15) is 12.4 Å². The Bertz CT molecular complexity index is 1880. The first-order valence-electron chi connectivity index (χ1n) is 15.5. The van der Waals surface area contributed by atoms with Crippen LogP contribution in [-0.2, 0) is 40.8 Å². The maximum atomic E-state index is 13.7. The molecule has 6 rings (SSSR count). The molecule has 2 aliphatic rings. The summed E-state index contributed by atoms with van der Waals surface area (Å²) in [6.07, 6.45) is 4.96. The Kier molecular flexibility index (Phi) is 8.20. The van der Waals surface area contributed by atoms with E-state index >= 15 is 0 Å². The predicted molar refractivity (Wildman–Crippen MR) is 172 cm³/mol. The topological polar surface area (TPSA) is 115 Å². The summed E-state index contributed by atoms with van der Waals surface area (Å²) in [7, 11) is -4.04. The molecule has 9 nitrogen and oxygen atoms in total. The van der Waals surface area contributed by atoms with Crippen LogP contribution in [0.25, 0.3) is 11.1 Å². The van der Waals surface area contributed by atoms with Gasteiger partial charge in [0.05, 0.1) is 10.6 Å². The van der Waals surface area contributed by atoms with Crippen LogP contribution in [0.15, 0.2) is 57.9 Å². The van der Waals surface area contributed by atoms with Crippen LogP contribution in [0.3, 0.4) is 0 Å². The molecular weight excluding hydrogens is 588 g/mol. The van der Waals surface area contributed by atoms with E-state index in [4.69, 9.17) is 14.2 Å². The SMILES string of the molecule is Cc1cc(OCc2ccc(-c3ccccc3S(=O)(=O)Nc3onc(C)c3C)c(CN3CCC(C)(C)C3=O)c2)c2c(n1)CCCC2. The second-order valence-electron chi connectivity index (χ2n) is 12.9. The number of nitrogens with zero attached hydrogens (tertiary/aromatic N) is 3. The highest BCUT2D eigenvalue weighted by Gasteiger charge is 2.38. The number of sulfonamides is 1. The van der Waals surface area contributed by atoms with Crippen LogP contribution in [0, 0.1) is 26.2 Å². The van der Waals surface area contributed by atoms with Crippen molar-refractivity contribution in [1.29, 1.82) is 0 Å². The molecule has 1 aliphatic heterocycles. The Morgan fingerprint density at radius 3 is 2.53 bits per heavy atom. The van der Waals surface area contributed by atoms with E-state index in [-0.39, 0.29) is 16.7 Å². The summed E-state index contributed by atoms with van der Waals surface area (Å²) in [6, 6.07) is 14.8. The Labute approximate surface area is 265 Å². The van der Waals surface area contributed by atoms with Gasteiger partial charge in [0.25, 0.3) is 10.0 Å². The molecule has 0 radical (unpaired) electrons. The molecule has 1 N–H and O–H groups in total. The molecule has 0 unspecified atom stereocenters. The van der Waals surface area contributed by atoms with Gasteiger partial charge < -0.3 is 14.2 Å². The molecule has 1 fully saturated rings. The number of nitrogens with one attached hydrogen (secondary N) is 1. The number of hydrogen-bond donors (Lipinski definition) is 1. The lowest BCUT2D eigenvalue weighted by Gasteiger charge is -2.23. The predicted octanol–water partition coefficient (Wildman–Crippen LogP) is 6.68. The lowest BCUT2D eigenvalue weighted by molar-refractivity contribution is -0.135. The number of carbonyl (C=O) groups excluding carboxylic acids is 1. The molecule has 0 saturated carbocycles. The third-order valence-corrected chi connectivity index (χ3v) is 10.4. The van der Waals surface area contributed by atoms with Crippen LogP contribution >= 0.6 is 0 Å². The van der Waals surface area contributed by atoms with Gasteiger partial charge in [-0.3, -0.25) is 9.78 Å². The lowest BCUT2D eigenvalue weighted by atomic mass is 9.92. The van der Waals surface area contributed by atoms with Gasteiger partial charge >= 0.3 is 0 Å². The number of pyridine rings is 1. The van der Waals surface area contributed by atoms with E-state index in [0.717, 1.165) is 65.9 Å². The lowest BCUT2D eigenvalue weighted by Crippen LogP contribution is -2.30. The molecule has 2 aromatic carbocycles. The summed E-state index contributed by atoms with van der Waals surface area (Å²) < 4.78 is 41.7. The quantitative estimate of drug-likeness (QED) is 0.220. The van der Waals surface area contributed by atoms with E-state index in [0.29, 0.717) is 36.5 Å². The first kappa shape index (κ1) is 30.8. The third-order valence-electron chi connectivity index (χ3n) is 9.04. The van der Waals surface area contributed by atoms with Crippen LogP contribution in [0.5, 0.6) is 5.75 Å². The molecule has 45 heavy (non-hydrogen) atoms. The van der Waals surface area contributed by atoms with Crippen LogP contribution in [0.1, 0.15) is 72.4 Å². The van der Waals surface area contributed by atoms with Crippen molar-refractivity contribution in [3.8, 4) is 16.9 Å². The molecule has 3 heterocycles. The number of anilines is 1. The summed E-state index contributed by atoms with van der Waals surface area (Å²) in [6.45, 7) is 10.8. The Morgan fingerprint density at radius 2 is 1.80 bits per heavy atom. The van der Waals surface area contributed by atoms with Crippen molar-refractivity contribution in [3.63, 3.8) is 0 Å². The Hall–Kier alpha value is -4.18. The zero-order valence-corrected chi connectivity index (χ0v) is 27.4. The summed E-state index contributed by atoms with van der Waals surface area (Å²) >= 11 is 0. The van der Waals surface area contributed by atoms with Gasteiger partial charge in [-0.2, -0.15) is 0 Å². The minimum absolute atomic E-state index is 0.0905. The fraction of sp³-hybridized carbons (Fsp3) is 0.400. The van der Waals surface area contributed by atoms with Gasteiger partial charge in [-0.1, -0.05) is 49.3 Å². The average molecular weight is 629 g/mol. The number of hydrogen-bond acceptors (Lipinski definition) is 7. The fourth-order valence-electron chi connectivity index (χ4n) is 6.24. The zero-order valence-electron chi connectivity index (χ0n) is 26.6. The van der Waals surface area contributed by atoms with Crippen molar-refractivity contribution in [2.45, 2.75) is 84.8 Å². The van der Waals surface area contributed by atoms with Crippen LogP contribution in [-0.4, -0.2) is 35.9 Å². The van der Waals surface area contributed by atoms with Crippen LogP contribution in [0.4, 0.5) is 5.88 Å². The van der Waals surface area contributed by atoms with Gasteiger partial charge in [-0.25, -0.2) is 13.1 Å². The number of aromatic nitrogens is 2. The van der Waals surface area contributed by atoms with Gasteiger partial charge in [0.2, 0.25) is 11.8 Å². The van der Waals surface area contributed by atoms with Crippen molar-refractivity contribution in [2.75, 3.05) is 11.3 Å². The maximum Gasteiger partial charge on any atom is 0.264 e. The van der Waals surface area contributed by atoms with Crippen molar-refractivity contribution in [1.82, 2.24) is 15.0 Å². The second-order valence-corrected chi connectivity index (χ2v) is 14.5. The molecule has 10 heteroatoms.